The lowest BCUT2D eigenvalue weighted by Crippen LogP contribution is -2.25. The Kier molecular flexibility index (Phi) is 3.41. The molecule has 1 aliphatic rings. The van der Waals surface area contributed by atoms with Crippen molar-refractivity contribution in [2.45, 2.75) is 39.2 Å². The number of rotatable bonds is 2. The number of benzene rings is 1. The fourth-order valence-corrected chi connectivity index (χ4v) is 3.24. The summed E-state index contributed by atoms with van der Waals surface area (Å²) in [5, 5.41) is 10.5. The Morgan fingerprint density at radius 1 is 1.33 bits per heavy atom. The minimum atomic E-state index is -0.871. The highest BCUT2D eigenvalue weighted by atomic mass is 16.5. The highest BCUT2D eigenvalue weighted by Gasteiger charge is 2.27. The van der Waals surface area contributed by atoms with Gasteiger partial charge in [-0.25, -0.2) is 4.79 Å². The van der Waals surface area contributed by atoms with E-state index in [-0.39, 0.29) is 6.10 Å². The van der Waals surface area contributed by atoms with Crippen LogP contribution in [-0.4, -0.2) is 29.3 Å². The van der Waals surface area contributed by atoms with Crippen molar-refractivity contribution < 1.29 is 14.6 Å². The lowest BCUT2D eigenvalue weighted by atomic mass is 9.86. The normalized spacial score (nSPS) is 17.8. The smallest absolute Gasteiger partial charge is 0.336 e. The third kappa shape index (κ3) is 2.20. The molecule has 21 heavy (non-hydrogen) atoms. The minimum Gasteiger partial charge on any atom is -0.478 e. The number of carboxylic acids is 1. The molecule has 0 radical (unpaired) electrons. The van der Waals surface area contributed by atoms with Gasteiger partial charge in [-0.2, -0.15) is 0 Å². The number of ether oxygens (including phenoxy) is 1. The summed E-state index contributed by atoms with van der Waals surface area (Å²) in [5.74, 6) is -0.871. The van der Waals surface area contributed by atoms with Crippen LogP contribution in [0.1, 0.15) is 39.2 Å². The zero-order chi connectivity index (χ0) is 15.1. The predicted octanol–water partition coefficient (Wildman–Crippen LogP) is 3.05. The molecule has 1 aromatic carbocycles. The van der Waals surface area contributed by atoms with Crippen LogP contribution in [0, 0.1) is 13.8 Å². The van der Waals surface area contributed by atoms with E-state index < -0.39 is 5.97 Å². The molecule has 2 aromatic rings. The van der Waals surface area contributed by atoms with Crippen molar-refractivity contribution in [2.24, 2.45) is 0 Å². The van der Waals surface area contributed by atoms with Crippen molar-refractivity contribution >= 4 is 16.9 Å². The number of pyridine rings is 1. The molecule has 0 saturated carbocycles. The molecule has 1 atom stereocenters. The van der Waals surface area contributed by atoms with E-state index in [1.54, 1.807) is 7.11 Å². The largest absolute Gasteiger partial charge is 0.478 e. The van der Waals surface area contributed by atoms with Crippen molar-refractivity contribution in [1.82, 2.24) is 4.98 Å². The molecule has 110 valence electrons. The first-order chi connectivity index (χ1) is 10.0. The number of carbonyl (C=O) groups is 1. The SMILES string of the molecule is COC1CCc2nc3c(C)ccc(C)c3c(C(=O)O)c2C1. The molecular formula is C17H19NO3. The molecule has 1 aromatic heterocycles. The summed E-state index contributed by atoms with van der Waals surface area (Å²) in [6.07, 6.45) is 2.38. The summed E-state index contributed by atoms with van der Waals surface area (Å²) in [6, 6.07) is 3.97. The monoisotopic (exact) mass is 285 g/mol. The Morgan fingerprint density at radius 3 is 2.71 bits per heavy atom. The van der Waals surface area contributed by atoms with E-state index in [0.29, 0.717) is 12.0 Å². The van der Waals surface area contributed by atoms with Gasteiger partial charge in [-0.1, -0.05) is 12.1 Å². The number of fused-ring (bicyclic) bond motifs is 2. The molecular weight excluding hydrogens is 266 g/mol. The number of aryl methyl sites for hydroxylation is 3. The topological polar surface area (TPSA) is 59.4 Å². The predicted molar refractivity (Wildman–Crippen MR) is 81.0 cm³/mol. The Labute approximate surface area is 123 Å². The van der Waals surface area contributed by atoms with Crippen LogP contribution in [0.25, 0.3) is 10.9 Å². The molecule has 3 rings (SSSR count). The number of hydrogen-bond acceptors (Lipinski definition) is 3. The van der Waals surface area contributed by atoms with Gasteiger partial charge in [-0.15, -0.1) is 0 Å². The van der Waals surface area contributed by atoms with Crippen LogP contribution in [0.2, 0.25) is 0 Å². The number of aromatic nitrogens is 1. The van der Waals surface area contributed by atoms with Crippen LogP contribution in [-0.2, 0) is 17.6 Å². The van der Waals surface area contributed by atoms with Crippen LogP contribution in [0.4, 0.5) is 0 Å². The first kappa shape index (κ1) is 14.0. The van der Waals surface area contributed by atoms with Gasteiger partial charge in [0, 0.05) is 24.6 Å². The average molecular weight is 285 g/mol. The molecule has 0 amide bonds. The van der Waals surface area contributed by atoms with E-state index in [9.17, 15) is 9.90 Å². The van der Waals surface area contributed by atoms with Gasteiger partial charge in [0.05, 0.1) is 17.2 Å². The molecule has 0 aliphatic heterocycles. The molecule has 1 heterocycles. The van der Waals surface area contributed by atoms with Crippen LogP contribution in [0.15, 0.2) is 12.1 Å². The summed E-state index contributed by atoms with van der Waals surface area (Å²) >= 11 is 0. The Bertz CT molecular complexity index is 737. The molecule has 0 spiro atoms. The lowest BCUT2D eigenvalue weighted by molar-refractivity contribution is 0.0690. The lowest BCUT2D eigenvalue weighted by Gasteiger charge is -2.25. The molecule has 0 fully saturated rings. The molecule has 4 nitrogen and oxygen atoms in total. The van der Waals surface area contributed by atoms with Gasteiger partial charge >= 0.3 is 5.97 Å². The van der Waals surface area contributed by atoms with Crippen LogP contribution in [0.3, 0.4) is 0 Å². The zero-order valence-corrected chi connectivity index (χ0v) is 12.6. The number of nitrogens with zero attached hydrogens (tertiary/aromatic N) is 1. The second-order valence-corrected chi connectivity index (χ2v) is 5.74. The second-order valence-electron chi connectivity index (χ2n) is 5.74. The van der Waals surface area contributed by atoms with Gasteiger partial charge in [0.25, 0.3) is 0 Å². The van der Waals surface area contributed by atoms with Gasteiger partial charge in [-0.3, -0.25) is 4.98 Å². The highest BCUT2D eigenvalue weighted by Crippen LogP contribution is 2.33. The molecule has 0 bridgehead atoms. The number of hydrogen-bond donors (Lipinski definition) is 1. The van der Waals surface area contributed by atoms with Gasteiger partial charge in [-0.05, 0) is 43.4 Å². The summed E-state index contributed by atoms with van der Waals surface area (Å²) < 4.78 is 5.43. The van der Waals surface area contributed by atoms with Crippen molar-refractivity contribution in [2.75, 3.05) is 7.11 Å². The van der Waals surface area contributed by atoms with Crippen LogP contribution < -0.4 is 0 Å². The minimum absolute atomic E-state index is 0.0833. The molecule has 1 aliphatic carbocycles. The quantitative estimate of drug-likeness (QED) is 0.921. The average Bonchev–Trinajstić information content (AvgIpc) is 2.48. The zero-order valence-electron chi connectivity index (χ0n) is 12.6. The van der Waals surface area contributed by atoms with Gasteiger partial charge in [0.1, 0.15) is 0 Å². The van der Waals surface area contributed by atoms with Crippen LogP contribution in [0.5, 0.6) is 0 Å². The Morgan fingerprint density at radius 2 is 2.05 bits per heavy atom. The van der Waals surface area contributed by atoms with Gasteiger partial charge in [0.15, 0.2) is 0 Å². The van der Waals surface area contributed by atoms with Crippen molar-refractivity contribution in [1.29, 1.82) is 0 Å². The van der Waals surface area contributed by atoms with Crippen molar-refractivity contribution in [3.63, 3.8) is 0 Å². The van der Waals surface area contributed by atoms with Gasteiger partial charge in [0.2, 0.25) is 0 Å². The molecule has 0 saturated heterocycles. The van der Waals surface area contributed by atoms with E-state index in [1.165, 1.54) is 0 Å². The maximum atomic E-state index is 11.9. The summed E-state index contributed by atoms with van der Waals surface area (Å²) in [4.78, 5) is 16.6. The highest BCUT2D eigenvalue weighted by molar-refractivity contribution is 6.06. The maximum absolute atomic E-state index is 11.9. The molecule has 1 N–H and O–H groups in total. The standard InChI is InChI=1S/C17H19NO3/c1-9-4-5-10(2)16-14(9)15(17(19)20)12-8-11(21-3)6-7-13(12)18-16/h4-5,11H,6-8H2,1-3H3,(H,19,20). The number of methoxy groups -OCH3 is 1. The van der Waals surface area contributed by atoms with E-state index in [4.69, 9.17) is 9.72 Å². The fraction of sp³-hybridized carbons (Fsp3) is 0.412. The summed E-state index contributed by atoms with van der Waals surface area (Å²) in [5.41, 5.74) is 4.99. The van der Waals surface area contributed by atoms with Crippen molar-refractivity contribution in [3.8, 4) is 0 Å². The van der Waals surface area contributed by atoms with E-state index in [2.05, 4.69) is 0 Å². The van der Waals surface area contributed by atoms with Gasteiger partial charge < -0.3 is 9.84 Å². The third-order valence-electron chi connectivity index (χ3n) is 4.42. The Hall–Kier alpha value is -1.94. The summed E-state index contributed by atoms with van der Waals surface area (Å²) in [7, 11) is 1.68. The van der Waals surface area contributed by atoms with E-state index >= 15 is 0 Å². The van der Waals surface area contributed by atoms with E-state index in [0.717, 1.165) is 46.1 Å². The third-order valence-corrected chi connectivity index (χ3v) is 4.42. The molecule has 1 unspecified atom stereocenters. The Balaban J connectivity index is 2.38. The van der Waals surface area contributed by atoms with Crippen LogP contribution >= 0.6 is 0 Å². The number of carboxylic acid groups (broad SMARTS) is 1. The second kappa shape index (κ2) is 5.11. The van der Waals surface area contributed by atoms with E-state index in [1.807, 2.05) is 26.0 Å². The first-order valence-corrected chi connectivity index (χ1v) is 7.20. The maximum Gasteiger partial charge on any atom is 0.336 e. The molecule has 4 heteroatoms. The number of aromatic carboxylic acids is 1. The van der Waals surface area contributed by atoms with Crippen molar-refractivity contribution in [3.05, 3.63) is 40.1 Å². The summed E-state index contributed by atoms with van der Waals surface area (Å²) in [6.45, 7) is 3.92. The first-order valence-electron chi connectivity index (χ1n) is 7.20. The fourth-order valence-electron chi connectivity index (χ4n) is 3.24.